The number of hydrogen-bond acceptors (Lipinski definition) is 3. The molecule has 1 N–H and O–H groups in total. The van der Waals surface area contributed by atoms with Crippen LogP contribution in [0.4, 0.5) is 5.69 Å². The molecule has 0 bridgehead atoms. The second kappa shape index (κ2) is 6.92. The smallest absolute Gasteiger partial charge is 0.174 e. The number of nitrogens with zero attached hydrogens (tertiary/aromatic N) is 2. The summed E-state index contributed by atoms with van der Waals surface area (Å²) in [7, 11) is 0. The van der Waals surface area contributed by atoms with Gasteiger partial charge in [-0.2, -0.15) is 0 Å². The molecular weight excluding hydrogens is 342 g/mol. The lowest BCUT2D eigenvalue weighted by Gasteiger charge is -2.26. The van der Waals surface area contributed by atoms with Gasteiger partial charge in [0.05, 0.1) is 11.7 Å². The Hall–Kier alpha value is -2.66. The van der Waals surface area contributed by atoms with Gasteiger partial charge in [0.1, 0.15) is 17.6 Å². The van der Waals surface area contributed by atoms with Crippen LogP contribution in [0.2, 0.25) is 0 Å². The third-order valence-corrected chi connectivity index (χ3v) is 5.09. The van der Waals surface area contributed by atoms with Crippen molar-refractivity contribution < 1.29 is 4.42 Å². The van der Waals surface area contributed by atoms with Crippen molar-refractivity contribution in [1.29, 1.82) is 0 Å². The molecular formula is C21H21N3OS. The fraction of sp³-hybridized carbons (Fsp3) is 0.238. The van der Waals surface area contributed by atoms with E-state index in [9.17, 15) is 0 Å². The molecule has 1 aliphatic heterocycles. The summed E-state index contributed by atoms with van der Waals surface area (Å²) in [5, 5.41) is 4.12. The van der Waals surface area contributed by atoms with E-state index >= 15 is 0 Å². The first-order chi connectivity index (χ1) is 12.7. The Bertz CT molecular complexity index is 905. The summed E-state index contributed by atoms with van der Waals surface area (Å²) >= 11 is 5.69. The molecule has 2 atom stereocenters. The number of aryl methyl sites for hydroxylation is 2. The second-order valence-corrected chi connectivity index (χ2v) is 6.85. The van der Waals surface area contributed by atoms with Crippen LogP contribution in [0.3, 0.4) is 0 Å². The van der Waals surface area contributed by atoms with Crippen LogP contribution in [-0.4, -0.2) is 10.1 Å². The predicted molar refractivity (Wildman–Crippen MR) is 107 cm³/mol. The third-order valence-electron chi connectivity index (χ3n) is 4.77. The molecule has 0 saturated carbocycles. The van der Waals surface area contributed by atoms with Crippen molar-refractivity contribution in [2.24, 2.45) is 0 Å². The van der Waals surface area contributed by atoms with Gasteiger partial charge in [0, 0.05) is 11.9 Å². The highest BCUT2D eigenvalue weighted by Crippen LogP contribution is 2.41. The Labute approximate surface area is 158 Å². The average Bonchev–Trinajstić information content (AvgIpc) is 3.25. The van der Waals surface area contributed by atoms with E-state index in [1.165, 1.54) is 5.56 Å². The van der Waals surface area contributed by atoms with Gasteiger partial charge in [0.15, 0.2) is 5.11 Å². The fourth-order valence-corrected chi connectivity index (χ4v) is 3.77. The lowest BCUT2D eigenvalue weighted by atomic mass is 10.0. The number of benzene rings is 1. The van der Waals surface area contributed by atoms with Gasteiger partial charge >= 0.3 is 0 Å². The van der Waals surface area contributed by atoms with E-state index in [1.807, 2.05) is 43.5 Å². The van der Waals surface area contributed by atoms with Crippen LogP contribution in [0, 0.1) is 6.92 Å². The first-order valence-corrected chi connectivity index (χ1v) is 9.24. The molecule has 1 saturated heterocycles. The SMILES string of the molecule is CCc1ccc(N2C(=S)N[C@@H](c3ccccn3)[C@H]2c2ccc(C)o2)cc1. The molecule has 26 heavy (non-hydrogen) atoms. The van der Waals surface area contributed by atoms with Gasteiger partial charge in [0.2, 0.25) is 0 Å². The number of rotatable bonds is 4. The van der Waals surface area contributed by atoms with Gasteiger partial charge in [-0.1, -0.05) is 25.1 Å². The summed E-state index contributed by atoms with van der Waals surface area (Å²) in [4.78, 5) is 6.67. The van der Waals surface area contributed by atoms with Crippen LogP contribution < -0.4 is 10.2 Å². The van der Waals surface area contributed by atoms with Crippen molar-refractivity contribution in [3.8, 4) is 0 Å². The Morgan fingerprint density at radius 3 is 2.54 bits per heavy atom. The molecule has 3 aromatic rings. The topological polar surface area (TPSA) is 41.3 Å². The van der Waals surface area contributed by atoms with E-state index in [4.69, 9.17) is 16.6 Å². The molecule has 0 amide bonds. The number of anilines is 1. The molecule has 0 spiro atoms. The van der Waals surface area contributed by atoms with E-state index in [2.05, 4.69) is 46.4 Å². The molecule has 5 heteroatoms. The molecule has 2 aromatic heterocycles. The van der Waals surface area contributed by atoms with Crippen LogP contribution >= 0.6 is 12.2 Å². The van der Waals surface area contributed by atoms with Crippen molar-refractivity contribution in [2.75, 3.05) is 4.90 Å². The van der Waals surface area contributed by atoms with Crippen molar-refractivity contribution in [3.05, 3.63) is 83.6 Å². The number of thiocarbonyl (C=S) groups is 1. The molecule has 1 fully saturated rings. The van der Waals surface area contributed by atoms with E-state index in [1.54, 1.807) is 0 Å². The van der Waals surface area contributed by atoms with Crippen molar-refractivity contribution in [2.45, 2.75) is 32.4 Å². The molecule has 1 aliphatic rings. The normalized spacial score (nSPS) is 19.6. The molecule has 4 rings (SSSR count). The van der Waals surface area contributed by atoms with E-state index in [0.29, 0.717) is 5.11 Å². The van der Waals surface area contributed by atoms with Gasteiger partial charge in [-0.15, -0.1) is 0 Å². The van der Waals surface area contributed by atoms with E-state index in [0.717, 1.165) is 29.3 Å². The Balaban J connectivity index is 1.79. The summed E-state index contributed by atoms with van der Waals surface area (Å²) in [6.45, 7) is 4.11. The highest BCUT2D eigenvalue weighted by molar-refractivity contribution is 7.80. The van der Waals surface area contributed by atoms with Crippen LogP contribution in [0.5, 0.6) is 0 Å². The maximum Gasteiger partial charge on any atom is 0.174 e. The monoisotopic (exact) mass is 363 g/mol. The zero-order valence-electron chi connectivity index (χ0n) is 14.8. The summed E-state index contributed by atoms with van der Waals surface area (Å²) in [5.74, 6) is 1.77. The van der Waals surface area contributed by atoms with E-state index < -0.39 is 0 Å². The summed E-state index contributed by atoms with van der Waals surface area (Å²) in [6.07, 6.45) is 2.82. The maximum atomic E-state index is 6.00. The quantitative estimate of drug-likeness (QED) is 0.679. The van der Waals surface area contributed by atoms with Crippen molar-refractivity contribution in [1.82, 2.24) is 10.3 Å². The molecule has 1 aromatic carbocycles. The standard InChI is InChI=1S/C21H21N3OS/c1-3-15-8-10-16(11-9-15)24-20(18-12-7-14(2)25-18)19(23-21(24)26)17-6-4-5-13-22-17/h4-13,19-20H,3H2,1-2H3,(H,23,26)/t19-,20+/m0/s1. The first kappa shape index (κ1) is 16.8. The Morgan fingerprint density at radius 1 is 1.12 bits per heavy atom. The van der Waals surface area contributed by atoms with Gasteiger partial charge in [-0.25, -0.2) is 0 Å². The number of pyridine rings is 1. The van der Waals surface area contributed by atoms with Crippen LogP contribution in [0.15, 0.2) is 65.2 Å². The van der Waals surface area contributed by atoms with Gasteiger partial charge in [-0.3, -0.25) is 4.98 Å². The van der Waals surface area contributed by atoms with Crippen LogP contribution in [0.25, 0.3) is 0 Å². The number of hydrogen-bond donors (Lipinski definition) is 1. The molecule has 0 aliphatic carbocycles. The highest BCUT2D eigenvalue weighted by Gasteiger charge is 2.42. The number of furan rings is 1. The van der Waals surface area contributed by atoms with Gasteiger partial charge in [-0.05, 0) is 67.5 Å². The molecule has 4 nitrogen and oxygen atoms in total. The fourth-order valence-electron chi connectivity index (χ4n) is 3.43. The zero-order valence-corrected chi connectivity index (χ0v) is 15.7. The number of aromatic nitrogens is 1. The number of nitrogens with one attached hydrogen (secondary N) is 1. The average molecular weight is 363 g/mol. The Morgan fingerprint density at radius 2 is 1.92 bits per heavy atom. The molecule has 132 valence electrons. The molecule has 0 unspecified atom stereocenters. The summed E-state index contributed by atoms with van der Waals surface area (Å²) in [6, 6.07) is 18.3. The van der Waals surface area contributed by atoms with Gasteiger partial charge < -0.3 is 14.6 Å². The zero-order chi connectivity index (χ0) is 18.1. The third kappa shape index (κ3) is 2.99. The molecule has 0 radical (unpaired) electrons. The van der Waals surface area contributed by atoms with E-state index in [-0.39, 0.29) is 12.1 Å². The second-order valence-electron chi connectivity index (χ2n) is 6.47. The highest BCUT2D eigenvalue weighted by atomic mass is 32.1. The minimum Gasteiger partial charge on any atom is -0.464 e. The largest absolute Gasteiger partial charge is 0.464 e. The summed E-state index contributed by atoms with van der Waals surface area (Å²) in [5.41, 5.74) is 3.30. The van der Waals surface area contributed by atoms with Crippen LogP contribution in [-0.2, 0) is 6.42 Å². The lowest BCUT2D eigenvalue weighted by molar-refractivity contribution is 0.418. The maximum absolute atomic E-state index is 6.00. The minimum atomic E-state index is -0.0847. The first-order valence-electron chi connectivity index (χ1n) is 8.83. The van der Waals surface area contributed by atoms with Gasteiger partial charge in [0.25, 0.3) is 0 Å². The lowest BCUT2D eigenvalue weighted by Crippen LogP contribution is -2.29. The van der Waals surface area contributed by atoms with Crippen molar-refractivity contribution in [3.63, 3.8) is 0 Å². The molecule has 3 heterocycles. The van der Waals surface area contributed by atoms with Crippen LogP contribution in [0.1, 0.15) is 41.8 Å². The minimum absolute atomic E-state index is 0.0694. The van der Waals surface area contributed by atoms with Crippen molar-refractivity contribution >= 4 is 23.0 Å². The predicted octanol–water partition coefficient (Wildman–Crippen LogP) is 4.72. The Kier molecular flexibility index (Phi) is 4.47. The summed E-state index contributed by atoms with van der Waals surface area (Å²) < 4.78 is 6.00.